The average Bonchev–Trinajstić information content (AvgIpc) is 3.24. The standard InChI is InChI=1S/C14H20N2O3/c1-18-8-7-16(11-4-5-11)14(17)10-3-6-12(15)13(9-10)19-2/h3,6,9,11H,4-5,7-8,15H2,1-2H3. The summed E-state index contributed by atoms with van der Waals surface area (Å²) in [6.07, 6.45) is 2.14. The number of amides is 1. The molecule has 0 radical (unpaired) electrons. The quantitative estimate of drug-likeness (QED) is 0.791. The van der Waals surface area contributed by atoms with E-state index in [1.54, 1.807) is 32.4 Å². The van der Waals surface area contributed by atoms with E-state index in [0.29, 0.717) is 36.2 Å². The fourth-order valence-corrected chi connectivity index (χ4v) is 2.04. The molecule has 1 fully saturated rings. The van der Waals surface area contributed by atoms with Crippen molar-refractivity contribution < 1.29 is 14.3 Å². The number of hydrogen-bond donors (Lipinski definition) is 1. The van der Waals surface area contributed by atoms with Crippen LogP contribution in [0, 0.1) is 0 Å². The first-order valence-corrected chi connectivity index (χ1v) is 6.40. The Morgan fingerprint density at radius 1 is 1.42 bits per heavy atom. The maximum absolute atomic E-state index is 12.5. The molecule has 1 saturated carbocycles. The van der Waals surface area contributed by atoms with Gasteiger partial charge >= 0.3 is 0 Å². The number of rotatable bonds is 6. The molecule has 1 aromatic carbocycles. The predicted molar refractivity (Wildman–Crippen MR) is 73.3 cm³/mol. The molecule has 1 aromatic rings. The summed E-state index contributed by atoms with van der Waals surface area (Å²) in [6, 6.07) is 5.49. The molecule has 0 aromatic heterocycles. The maximum atomic E-state index is 12.5. The van der Waals surface area contributed by atoms with Crippen LogP contribution in [0.4, 0.5) is 5.69 Å². The lowest BCUT2D eigenvalue weighted by atomic mass is 10.1. The van der Waals surface area contributed by atoms with Crippen LogP contribution >= 0.6 is 0 Å². The Labute approximate surface area is 113 Å². The zero-order valence-corrected chi connectivity index (χ0v) is 11.4. The van der Waals surface area contributed by atoms with Crippen LogP contribution in [0.15, 0.2) is 18.2 Å². The normalized spacial score (nSPS) is 14.2. The van der Waals surface area contributed by atoms with Gasteiger partial charge in [-0.2, -0.15) is 0 Å². The van der Waals surface area contributed by atoms with Gasteiger partial charge in [0.15, 0.2) is 0 Å². The minimum atomic E-state index is 0.0119. The van der Waals surface area contributed by atoms with Gasteiger partial charge in [0.2, 0.25) is 0 Å². The lowest BCUT2D eigenvalue weighted by molar-refractivity contribution is 0.0680. The number of ether oxygens (including phenoxy) is 2. The third kappa shape index (κ3) is 3.17. The molecule has 104 valence electrons. The van der Waals surface area contributed by atoms with E-state index >= 15 is 0 Å². The van der Waals surface area contributed by atoms with Crippen LogP contribution in [0.1, 0.15) is 23.2 Å². The Balaban J connectivity index is 2.16. The third-order valence-corrected chi connectivity index (χ3v) is 3.27. The molecule has 1 aliphatic carbocycles. The topological polar surface area (TPSA) is 64.8 Å². The lowest BCUT2D eigenvalue weighted by Gasteiger charge is -2.22. The fourth-order valence-electron chi connectivity index (χ4n) is 2.04. The molecule has 1 aliphatic rings. The van der Waals surface area contributed by atoms with Gasteiger partial charge in [-0.25, -0.2) is 0 Å². The molecular weight excluding hydrogens is 244 g/mol. The van der Waals surface area contributed by atoms with Crippen LogP contribution in [0.25, 0.3) is 0 Å². The highest BCUT2D eigenvalue weighted by atomic mass is 16.5. The first-order chi connectivity index (χ1) is 9.17. The number of nitrogen functional groups attached to an aromatic ring is 1. The summed E-state index contributed by atoms with van der Waals surface area (Å²) in [5, 5.41) is 0. The lowest BCUT2D eigenvalue weighted by Crippen LogP contribution is -2.35. The number of benzene rings is 1. The molecule has 2 rings (SSSR count). The van der Waals surface area contributed by atoms with E-state index in [-0.39, 0.29) is 5.91 Å². The number of carbonyl (C=O) groups excluding carboxylic acids is 1. The Morgan fingerprint density at radius 2 is 2.16 bits per heavy atom. The molecule has 19 heavy (non-hydrogen) atoms. The van der Waals surface area contributed by atoms with Gasteiger partial charge in [0.25, 0.3) is 5.91 Å². The summed E-state index contributed by atoms with van der Waals surface area (Å²) in [7, 11) is 3.19. The number of carbonyl (C=O) groups is 1. The molecule has 2 N–H and O–H groups in total. The molecule has 5 heteroatoms. The van der Waals surface area contributed by atoms with Gasteiger partial charge in [-0.1, -0.05) is 0 Å². The Hall–Kier alpha value is -1.75. The maximum Gasteiger partial charge on any atom is 0.254 e. The minimum absolute atomic E-state index is 0.0119. The number of anilines is 1. The monoisotopic (exact) mass is 264 g/mol. The molecular formula is C14H20N2O3. The summed E-state index contributed by atoms with van der Waals surface area (Å²) >= 11 is 0. The fraction of sp³-hybridized carbons (Fsp3) is 0.500. The number of nitrogens with two attached hydrogens (primary N) is 1. The summed E-state index contributed by atoms with van der Waals surface area (Å²) in [4.78, 5) is 14.4. The molecule has 0 atom stereocenters. The summed E-state index contributed by atoms with van der Waals surface area (Å²) in [5.74, 6) is 0.547. The first kappa shape index (κ1) is 13.7. The van der Waals surface area contributed by atoms with Crippen molar-refractivity contribution >= 4 is 11.6 Å². The van der Waals surface area contributed by atoms with Crippen molar-refractivity contribution in [2.45, 2.75) is 18.9 Å². The van der Waals surface area contributed by atoms with Gasteiger partial charge < -0.3 is 20.1 Å². The second kappa shape index (κ2) is 5.93. The van der Waals surface area contributed by atoms with Crippen LogP contribution in [0.5, 0.6) is 5.75 Å². The zero-order valence-electron chi connectivity index (χ0n) is 11.4. The molecule has 1 amide bonds. The van der Waals surface area contributed by atoms with Crippen LogP contribution in [-0.4, -0.2) is 44.2 Å². The van der Waals surface area contributed by atoms with Crippen molar-refractivity contribution in [1.29, 1.82) is 0 Å². The number of nitrogens with zero attached hydrogens (tertiary/aromatic N) is 1. The van der Waals surface area contributed by atoms with Gasteiger partial charge in [-0.05, 0) is 31.0 Å². The molecule has 0 unspecified atom stereocenters. The van der Waals surface area contributed by atoms with Gasteiger partial charge in [0.05, 0.1) is 19.4 Å². The SMILES string of the molecule is COCCN(C(=O)c1ccc(N)c(OC)c1)C1CC1. The molecule has 0 spiro atoms. The van der Waals surface area contributed by atoms with Crippen LogP contribution in [0.2, 0.25) is 0 Å². The second-order valence-corrected chi connectivity index (χ2v) is 4.68. The van der Waals surface area contributed by atoms with Crippen LogP contribution in [0.3, 0.4) is 0 Å². The highest BCUT2D eigenvalue weighted by Crippen LogP contribution is 2.29. The van der Waals surface area contributed by atoms with Crippen LogP contribution in [-0.2, 0) is 4.74 Å². The highest BCUT2D eigenvalue weighted by Gasteiger charge is 2.32. The average molecular weight is 264 g/mol. The van der Waals surface area contributed by atoms with Gasteiger partial charge in [0.1, 0.15) is 5.75 Å². The van der Waals surface area contributed by atoms with E-state index in [9.17, 15) is 4.79 Å². The Kier molecular flexibility index (Phi) is 4.27. The summed E-state index contributed by atoms with van der Waals surface area (Å²) in [5.41, 5.74) is 6.90. The Morgan fingerprint density at radius 3 is 2.74 bits per heavy atom. The van der Waals surface area contributed by atoms with Crippen molar-refractivity contribution in [3.8, 4) is 5.75 Å². The zero-order chi connectivity index (χ0) is 13.8. The minimum Gasteiger partial charge on any atom is -0.495 e. The van der Waals surface area contributed by atoms with Crippen molar-refractivity contribution in [2.24, 2.45) is 0 Å². The van der Waals surface area contributed by atoms with Crippen LogP contribution < -0.4 is 10.5 Å². The van der Waals surface area contributed by atoms with Gasteiger partial charge in [-0.15, -0.1) is 0 Å². The summed E-state index contributed by atoms with van der Waals surface area (Å²) in [6.45, 7) is 1.17. The van der Waals surface area contributed by atoms with Gasteiger partial charge in [0, 0.05) is 25.3 Å². The second-order valence-electron chi connectivity index (χ2n) is 4.68. The molecule has 0 bridgehead atoms. The first-order valence-electron chi connectivity index (χ1n) is 6.40. The van der Waals surface area contributed by atoms with Crippen molar-refractivity contribution in [3.63, 3.8) is 0 Å². The summed E-state index contributed by atoms with van der Waals surface area (Å²) < 4.78 is 10.2. The van der Waals surface area contributed by atoms with E-state index in [2.05, 4.69) is 0 Å². The van der Waals surface area contributed by atoms with E-state index in [4.69, 9.17) is 15.2 Å². The highest BCUT2D eigenvalue weighted by molar-refractivity contribution is 5.95. The van der Waals surface area contributed by atoms with E-state index in [1.807, 2.05) is 4.90 Å². The van der Waals surface area contributed by atoms with Crippen molar-refractivity contribution in [2.75, 3.05) is 33.1 Å². The molecule has 0 aliphatic heterocycles. The van der Waals surface area contributed by atoms with Crippen molar-refractivity contribution in [3.05, 3.63) is 23.8 Å². The molecule has 0 saturated heterocycles. The van der Waals surface area contributed by atoms with E-state index in [1.165, 1.54) is 0 Å². The van der Waals surface area contributed by atoms with E-state index < -0.39 is 0 Å². The third-order valence-electron chi connectivity index (χ3n) is 3.27. The number of methoxy groups -OCH3 is 2. The smallest absolute Gasteiger partial charge is 0.254 e. The predicted octanol–water partition coefficient (Wildman–Crippen LogP) is 1.53. The molecule has 0 heterocycles. The molecule has 5 nitrogen and oxygen atoms in total. The van der Waals surface area contributed by atoms with Gasteiger partial charge in [-0.3, -0.25) is 4.79 Å². The largest absolute Gasteiger partial charge is 0.495 e. The number of hydrogen-bond acceptors (Lipinski definition) is 4. The van der Waals surface area contributed by atoms with Crippen molar-refractivity contribution in [1.82, 2.24) is 4.90 Å². The Bertz CT molecular complexity index is 458. The van der Waals surface area contributed by atoms with E-state index in [0.717, 1.165) is 12.8 Å².